The zero-order valence-corrected chi connectivity index (χ0v) is 11.9. The molecule has 0 atom stereocenters. The van der Waals surface area contributed by atoms with Crippen LogP contribution in [0.5, 0.6) is 10.9 Å². The molecule has 1 heterocycles. The Kier molecular flexibility index (Phi) is 3.63. The largest absolute Gasteiger partial charge is 0.429 e. The number of nitrogens with two attached hydrogens (primary N) is 1. The van der Waals surface area contributed by atoms with E-state index < -0.39 is 0 Å². The SMILES string of the molecule is CC(C)c1nsc(Oc2cccc(N)c2Br)n1. The first-order valence-corrected chi connectivity index (χ1v) is 6.70. The van der Waals surface area contributed by atoms with E-state index in [1.54, 1.807) is 6.07 Å². The lowest BCUT2D eigenvalue weighted by Gasteiger charge is -2.05. The van der Waals surface area contributed by atoms with Crippen molar-refractivity contribution in [1.29, 1.82) is 0 Å². The van der Waals surface area contributed by atoms with Gasteiger partial charge in [-0.2, -0.15) is 9.36 Å². The number of benzene rings is 1. The highest BCUT2D eigenvalue weighted by Crippen LogP contribution is 2.34. The van der Waals surface area contributed by atoms with Gasteiger partial charge in [-0.3, -0.25) is 0 Å². The molecule has 2 N–H and O–H groups in total. The molecule has 2 rings (SSSR count). The lowest BCUT2D eigenvalue weighted by atomic mass is 10.2. The minimum Gasteiger partial charge on any atom is -0.429 e. The van der Waals surface area contributed by atoms with E-state index in [2.05, 4.69) is 25.3 Å². The first kappa shape index (κ1) is 12.3. The smallest absolute Gasteiger partial charge is 0.298 e. The Morgan fingerprint density at radius 1 is 1.41 bits per heavy atom. The fourth-order valence-electron chi connectivity index (χ4n) is 1.20. The number of anilines is 1. The summed E-state index contributed by atoms with van der Waals surface area (Å²) in [6.45, 7) is 4.09. The van der Waals surface area contributed by atoms with Crippen LogP contribution in [0.2, 0.25) is 0 Å². The lowest BCUT2D eigenvalue weighted by molar-refractivity contribution is 0.473. The van der Waals surface area contributed by atoms with Crippen LogP contribution in [-0.2, 0) is 0 Å². The van der Waals surface area contributed by atoms with Crippen molar-refractivity contribution in [1.82, 2.24) is 9.36 Å². The van der Waals surface area contributed by atoms with E-state index in [4.69, 9.17) is 10.5 Å². The van der Waals surface area contributed by atoms with Gasteiger partial charge in [-0.1, -0.05) is 19.9 Å². The monoisotopic (exact) mass is 313 g/mol. The molecule has 0 saturated heterocycles. The summed E-state index contributed by atoms with van der Waals surface area (Å²) in [7, 11) is 0. The lowest BCUT2D eigenvalue weighted by Crippen LogP contribution is -1.92. The molecule has 90 valence electrons. The maximum absolute atomic E-state index is 5.77. The van der Waals surface area contributed by atoms with Gasteiger partial charge in [-0.25, -0.2) is 0 Å². The molecule has 0 aliphatic rings. The number of rotatable bonds is 3. The number of ether oxygens (including phenoxy) is 1. The Bertz CT molecular complexity index is 527. The summed E-state index contributed by atoms with van der Waals surface area (Å²) in [5, 5.41) is 0.528. The fourth-order valence-corrected chi connectivity index (χ4v) is 2.23. The minimum atomic E-state index is 0.299. The van der Waals surface area contributed by atoms with Gasteiger partial charge < -0.3 is 10.5 Å². The maximum atomic E-state index is 5.77. The third kappa shape index (κ3) is 2.76. The van der Waals surface area contributed by atoms with E-state index in [0.717, 1.165) is 10.3 Å². The first-order chi connectivity index (χ1) is 8.08. The van der Waals surface area contributed by atoms with Crippen molar-refractivity contribution in [2.24, 2.45) is 0 Å². The van der Waals surface area contributed by atoms with Gasteiger partial charge in [-0.15, -0.1) is 0 Å². The predicted octanol–water partition coefficient (Wildman–Crippen LogP) is 3.80. The molecule has 1 aromatic heterocycles. The van der Waals surface area contributed by atoms with E-state index in [9.17, 15) is 0 Å². The molecule has 0 aliphatic carbocycles. The summed E-state index contributed by atoms with van der Waals surface area (Å²) >= 11 is 4.62. The van der Waals surface area contributed by atoms with Crippen LogP contribution in [0.25, 0.3) is 0 Å². The zero-order chi connectivity index (χ0) is 12.4. The molecule has 0 unspecified atom stereocenters. The highest BCUT2D eigenvalue weighted by molar-refractivity contribution is 9.10. The topological polar surface area (TPSA) is 61.0 Å². The molecule has 0 amide bonds. The van der Waals surface area contributed by atoms with Crippen molar-refractivity contribution in [3.05, 3.63) is 28.5 Å². The molecule has 0 fully saturated rings. The zero-order valence-electron chi connectivity index (χ0n) is 9.48. The van der Waals surface area contributed by atoms with Gasteiger partial charge in [0.25, 0.3) is 5.19 Å². The number of hydrogen-bond donors (Lipinski definition) is 1. The van der Waals surface area contributed by atoms with Crippen LogP contribution in [0, 0.1) is 0 Å². The number of nitrogen functional groups attached to an aromatic ring is 1. The van der Waals surface area contributed by atoms with Crippen LogP contribution >= 0.6 is 27.5 Å². The fraction of sp³-hybridized carbons (Fsp3) is 0.273. The molecule has 6 heteroatoms. The van der Waals surface area contributed by atoms with Gasteiger partial charge in [0.1, 0.15) is 11.6 Å². The highest BCUT2D eigenvalue weighted by Gasteiger charge is 2.11. The van der Waals surface area contributed by atoms with Gasteiger partial charge in [0.15, 0.2) is 0 Å². The van der Waals surface area contributed by atoms with Gasteiger partial charge in [0, 0.05) is 23.1 Å². The molecule has 0 bridgehead atoms. The second-order valence-corrected chi connectivity index (χ2v) is 5.34. The van der Waals surface area contributed by atoms with Crippen LogP contribution in [0.1, 0.15) is 25.6 Å². The Balaban J connectivity index is 2.22. The van der Waals surface area contributed by atoms with E-state index in [0.29, 0.717) is 22.5 Å². The summed E-state index contributed by atoms with van der Waals surface area (Å²) in [6, 6.07) is 5.47. The predicted molar refractivity (Wildman–Crippen MR) is 72.6 cm³/mol. The van der Waals surface area contributed by atoms with Crippen molar-refractivity contribution >= 4 is 33.1 Å². The van der Waals surface area contributed by atoms with Gasteiger partial charge >= 0.3 is 0 Å². The van der Waals surface area contributed by atoms with Gasteiger partial charge in [-0.05, 0) is 28.1 Å². The summed E-state index contributed by atoms with van der Waals surface area (Å²) in [5.74, 6) is 1.74. The van der Waals surface area contributed by atoms with Crippen LogP contribution in [-0.4, -0.2) is 9.36 Å². The first-order valence-electron chi connectivity index (χ1n) is 5.13. The highest BCUT2D eigenvalue weighted by atomic mass is 79.9. The van der Waals surface area contributed by atoms with E-state index >= 15 is 0 Å². The number of nitrogens with zero attached hydrogens (tertiary/aromatic N) is 2. The summed E-state index contributed by atoms with van der Waals surface area (Å²) in [5.41, 5.74) is 6.40. The molecule has 0 spiro atoms. The van der Waals surface area contributed by atoms with Crippen molar-refractivity contribution in [2.45, 2.75) is 19.8 Å². The molecule has 1 aromatic carbocycles. The van der Waals surface area contributed by atoms with Gasteiger partial charge in [0.05, 0.1) is 4.47 Å². The summed E-state index contributed by atoms with van der Waals surface area (Å²) in [6.07, 6.45) is 0. The Hall–Kier alpha value is -1.14. The Labute approximate surface area is 112 Å². The number of aromatic nitrogens is 2. The Morgan fingerprint density at radius 3 is 2.82 bits per heavy atom. The van der Waals surface area contributed by atoms with Crippen LogP contribution in [0.4, 0.5) is 5.69 Å². The van der Waals surface area contributed by atoms with Crippen molar-refractivity contribution in [3.8, 4) is 10.9 Å². The summed E-state index contributed by atoms with van der Waals surface area (Å²) < 4.78 is 10.6. The Morgan fingerprint density at radius 2 is 2.18 bits per heavy atom. The van der Waals surface area contributed by atoms with Crippen LogP contribution < -0.4 is 10.5 Å². The van der Waals surface area contributed by atoms with Crippen molar-refractivity contribution in [3.63, 3.8) is 0 Å². The van der Waals surface area contributed by atoms with Crippen molar-refractivity contribution in [2.75, 3.05) is 5.73 Å². The quantitative estimate of drug-likeness (QED) is 0.875. The number of halogens is 1. The molecule has 17 heavy (non-hydrogen) atoms. The average Bonchev–Trinajstić information content (AvgIpc) is 2.73. The third-order valence-corrected chi connectivity index (χ3v) is 3.59. The molecular formula is C11H12BrN3OS. The average molecular weight is 314 g/mol. The molecule has 0 aliphatic heterocycles. The van der Waals surface area contributed by atoms with Crippen molar-refractivity contribution < 1.29 is 4.74 Å². The maximum Gasteiger partial charge on any atom is 0.298 e. The van der Waals surface area contributed by atoms with Crippen LogP contribution in [0.3, 0.4) is 0 Å². The molecule has 0 radical (unpaired) electrons. The van der Waals surface area contributed by atoms with E-state index in [-0.39, 0.29) is 0 Å². The molecule has 0 saturated carbocycles. The third-order valence-electron chi connectivity index (χ3n) is 2.13. The molecular weight excluding hydrogens is 302 g/mol. The molecule has 2 aromatic rings. The van der Waals surface area contributed by atoms with Gasteiger partial charge in [0.2, 0.25) is 0 Å². The van der Waals surface area contributed by atoms with E-state index in [1.165, 1.54) is 11.5 Å². The normalized spacial score (nSPS) is 10.8. The molecule has 4 nitrogen and oxygen atoms in total. The second-order valence-electron chi connectivity index (χ2n) is 3.83. The minimum absolute atomic E-state index is 0.299. The van der Waals surface area contributed by atoms with Crippen LogP contribution in [0.15, 0.2) is 22.7 Å². The number of hydrogen-bond acceptors (Lipinski definition) is 5. The second kappa shape index (κ2) is 5.01. The van der Waals surface area contributed by atoms with E-state index in [1.807, 2.05) is 26.0 Å². The summed E-state index contributed by atoms with van der Waals surface area (Å²) in [4.78, 5) is 4.30. The standard InChI is InChI=1S/C11H12BrN3OS/c1-6(2)10-14-11(17-15-10)16-8-5-3-4-7(13)9(8)12/h3-6H,13H2,1-2H3.